The summed E-state index contributed by atoms with van der Waals surface area (Å²) in [6.45, 7) is 3.18. The van der Waals surface area contributed by atoms with E-state index in [1.165, 1.54) is 25.1 Å². The van der Waals surface area contributed by atoms with Crippen molar-refractivity contribution in [3.05, 3.63) is 33.8 Å². The van der Waals surface area contributed by atoms with Gasteiger partial charge in [-0.25, -0.2) is 4.79 Å². The number of ether oxygens (including phenoxy) is 1. The molecule has 20 heavy (non-hydrogen) atoms. The zero-order valence-corrected chi connectivity index (χ0v) is 12.5. The molecule has 2 N–H and O–H groups in total. The number of benzene rings is 1. The summed E-state index contributed by atoms with van der Waals surface area (Å²) in [5.74, 6) is -1.25. The van der Waals surface area contributed by atoms with Crippen LogP contribution in [0.4, 0.5) is 0 Å². The summed E-state index contributed by atoms with van der Waals surface area (Å²) in [5.41, 5.74) is 0.231. The van der Waals surface area contributed by atoms with E-state index in [1.807, 2.05) is 0 Å². The van der Waals surface area contributed by atoms with E-state index in [0.29, 0.717) is 5.02 Å². The fourth-order valence-corrected chi connectivity index (χ4v) is 1.77. The largest absolute Gasteiger partial charge is 0.464 e. The maximum Gasteiger partial charge on any atom is 0.331 e. The summed E-state index contributed by atoms with van der Waals surface area (Å²) < 4.78 is 4.78. The van der Waals surface area contributed by atoms with Gasteiger partial charge in [-0.05, 0) is 32.0 Å². The van der Waals surface area contributed by atoms with Gasteiger partial charge in [0.25, 0.3) is 5.91 Å². The zero-order valence-electron chi connectivity index (χ0n) is 11.0. The van der Waals surface area contributed by atoms with Gasteiger partial charge in [0.15, 0.2) is 6.04 Å². The molecule has 1 rings (SSSR count). The van der Waals surface area contributed by atoms with Crippen molar-refractivity contribution in [1.82, 2.24) is 5.32 Å². The Morgan fingerprint density at radius 1 is 1.35 bits per heavy atom. The van der Waals surface area contributed by atoms with E-state index >= 15 is 0 Å². The van der Waals surface area contributed by atoms with E-state index in [9.17, 15) is 14.7 Å². The van der Waals surface area contributed by atoms with Crippen molar-refractivity contribution in [2.45, 2.75) is 26.0 Å². The van der Waals surface area contributed by atoms with Crippen LogP contribution in [0.15, 0.2) is 18.2 Å². The average Bonchev–Trinajstić information content (AvgIpc) is 2.38. The lowest BCUT2D eigenvalue weighted by atomic mass is 10.1. The van der Waals surface area contributed by atoms with Crippen molar-refractivity contribution in [3.8, 4) is 0 Å². The third-order valence-corrected chi connectivity index (χ3v) is 3.23. The lowest BCUT2D eigenvalue weighted by Gasteiger charge is -2.19. The van der Waals surface area contributed by atoms with Crippen LogP contribution in [0.3, 0.4) is 0 Å². The predicted octanol–water partition coefficient (Wildman–Crippen LogP) is 2.04. The number of hydrogen-bond donors (Lipinski definition) is 2. The number of amides is 1. The van der Waals surface area contributed by atoms with Gasteiger partial charge in [0.05, 0.1) is 22.8 Å². The van der Waals surface area contributed by atoms with E-state index in [0.717, 1.165) is 0 Å². The average molecular weight is 320 g/mol. The van der Waals surface area contributed by atoms with Crippen molar-refractivity contribution in [3.63, 3.8) is 0 Å². The summed E-state index contributed by atoms with van der Waals surface area (Å²) in [6.07, 6.45) is -1.08. The van der Waals surface area contributed by atoms with Crippen LogP contribution in [0.1, 0.15) is 24.2 Å². The molecule has 0 aliphatic carbocycles. The standard InChI is InChI=1S/C13H15Cl2NO4/c1-3-20-13(19)11(7(2)17)16-12(18)8-4-5-9(14)10(15)6-8/h4-7,11,17H,3H2,1-2H3,(H,16,18). The van der Waals surface area contributed by atoms with Gasteiger partial charge < -0.3 is 15.2 Å². The number of aliphatic hydroxyl groups is 1. The summed E-state index contributed by atoms with van der Waals surface area (Å²) in [4.78, 5) is 23.6. The molecule has 0 aromatic heterocycles. The fourth-order valence-electron chi connectivity index (χ4n) is 1.47. The third kappa shape index (κ3) is 4.37. The zero-order chi connectivity index (χ0) is 15.3. The molecule has 0 spiro atoms. The first kappa shape index (κ1) is 16.8. The van der Waals surface area contributed by atoms with Crippen molar-refractivity contribution in [1.29, 1.82) is 0 Å². The number of rotatable bonds is 5. The van der Waals surface area contributed by atoms with Crippen molar-refractivity contribution >= 4 is 35.1 Å². The molecular weight excluding hydrogens is 305 g/mol. The minimum absolute atomic E-state index is 0.157. The lowest BCUT2D eigenvalue weighted by Crippen LogP contribution is -2.48. The number of nitrogens with one attached hydrogen (secondary N) is 1. The Labute approximate surface area is 126 Å². The molecular formula is C13H15Cl2NO4. The van der Waals surface area contributed by atoms with Gasteiger partial charge in [0.2, 0.25) is 0 Å². The van der Waals surface area contributed by atoms with Crippen molar-refractivity contribution < 1.29 is 19.4 Å². The molecule has 7 heteroatoms. The second kappa shape index (κ2) is 7.47. The molecule has 1 amide bonds. The molecule has 2 unspecified atom stereocenters. The molecule has 0 aliphatic rings. The minimum Gasteiger partial charge on any atom is -0.464 e. The Bertz CT molecular complexity index is 505. The molecule has 1 aromatic rings. The molecule has 1 aromatic carbocycles. The van der Waals surface area contributed by atoms with Crippen LogP contribution in [0.25, 0.3) is 0 Å². The molecule has 5 nitrogen and oxygen atoms in total. The van der Waals surface area contributed by atoms with Crippen molar-refractivity contribution in [2.75, 3.05) is 6.61 Å². The van der Waals surface area contributed by atoms with E-state index in [1.54, 1.807) is 6.92 Å². The first-order chi connectivity index (χ1) is 9.36. The molecule has 0 saturated heterocycles. The predicted molar refractivity (Wildman–Crippen MR) is 76.0 cm³/mol. The van der Waals surface area contributed by atoms with Gasteiger partial charge in [-0.15, -0.1) is 0 Å². The highest BCUT2D eigenvalue weighted by Crippen LogP contribution is 2.22. The van der Waals surface area contributed by atoms with Crippen LogP contribution >= 0.6 is 23.2 Å². The SMILES string of the molecule is CCOC(=O)C(NC(=O)c1ccc(Cl)c(Cl)c1)C(C)O. The number of halogens is 2. The highest BCUT2D eigenvalue weighted by molar-refractivity contribution is 6.42. The Hall–Kier alpha value is -1.30. The van der Waals surface area contributed by atoms with Crippen LogP contribution in [-0.2, 0) is 9.53 Å². The normalized spacial score (nSPS) is 13.4. The Balaban J connectivity index is 2.85. The van der Waals surface area contributed by atoms with E-state index in [-0.39, 0.29) is 17.2 Å². The molecule has 110 valence electrons. The summed E-state index contributed by atoms with van der Waals surface area (Å²) in [6, 6.07) is 3.18. The second-order valence-electron chi connectivity index (χ2n) is 4.07. The first-order valence-corrected chi connectivity index (χ1v) is 6.73. The Morgan fingerprint density at radius 3 is 2.50 bits per heavy atom. The van der Waals surface area contributed by atoms with Crippen LogP contribution in [0.2, 0.25) is 10.0 Å². The quantitative estimate of drug-likeness (QED) is 0.814. The van der Waals surface area contributed by atoms with Crippen molar-refractivity contribution in [2.24, 2.45) is 0 Å². The van der Waals surface area contributed by atoms with E-state index < -0.39 is 24.0 Å². The van der Waals surface area contributed by atoms with Gasteiger partial charge in [0.1, 0.15) is 0 Å². The minimum atomic E-state index is -1.14. The van der Waals surface area contributed by atoms with Crippen LogP contribution in [-0.4, -0.2) is 35.7 Å². The van der Waals surface area contributed by atoms with E-state index in [4.69, 9.17) is 27.9 Å². The van der Waals surface area contributed by atoms with Gasteiger partial charge in [-0.2, -0.15) is 0 Å². The highest BCUT2D eigenvalue weighted by Gasteiger charge is 2.27. The number of carbonyl (C=O) groups is 2. The topological polar surface area (TPSA) is 75.6 Å². The Kier molecular flexibility index (Phi) is 6.26. The fraction of sp³-hybridized carbons (Fsp3) is 0.385. The number of carbonyl (C=O) groups excluding carboxylic acids is 2. The smallest absolute Gasteiger partial charge is 0.331 e. The summed E-state index contributed by atoms with van der Waals surface area (Å²) in [5, 5.41) is 12.5. The monoisotopic (exact) mass is 319 g/mol. The van der Waals surface area contributed by atoms with Gasteiger partial charge in [0, 0.05) is 5.56 Å². The Morgan fingerprint density at radius 2 is 2.00 bits per heavy atom. The summed E-state index contributed by atoms with van der Waals surface area (Å²) >= 11 is 11.6. The molecule has 2 atom stereocenters. The maximum atomic E-state index is 12.0. The molecule has 0 heterocycles. The van der Waals surface area contributed by atoms with Crippen LogP contribution < -0.4 is 5.32 Å². The number of aliphatic hydroxyl groups excluding tert-OH is 1. The second-order valence-corrected chi connectivity index (χ2v) is 4.89. The molecule has 0 fully saturated rings. The van der Waals surface area contributed by atoms with Gasteiger partial charge in [-0.3, -0.25) is 4.79 Å². The van der Waals surface area contributed by atoms with Gasteiger partial charge >= 0.3 is 5.97 Å². The third-order valence-electron chi connectivity index (χ3n) is 2.49. The first-order valence-electron chi connectivity index (χ1n) is 5.97. The number of hydrogen-bond acceptors (Lipinski definition) is 4. The molecule has 0 saturated carbocycles. The van der Waals surface area contributed by atoms with Crippen LogP contribution in [0.5, 0.6) is 0 Å². The lowest BCUT2D eigenvalue weighted by molar-refractivity contribution is -0.148. The molecule has 0 radical (unpaired) electrons. The maximum absolute atomic E-state index is 12.0. The summed E-state index contributed by atoms with van der Waals surface area (Å²) in [7, 11) is 0. The van der Waals surface area contributed by atoms with E-state index in [2.05, 4.69) is 5.32 Å². The molecule has 0 aliphatic heterocycles. The molecule has 0 bridgehead atoms. The number of esters is 1. The highest BCUT2D eigenvalue weighted by atomic mass is 35.5. The van der Waals surface area contributed by atoms with Gasteiger partial charge in [-0.1, -0.05) is 23.2 Å². The van der Waals surface area contributed by atoms with Crippen LogP contribution in [0, 0.1) is 0 Å².